The Morgan fingerprint density at radius 1 is 1.47 bits per heavy atom. The molecule has 1 aliphatic rings. The first kappa shape index (κ1) is 10.6. The zero-order valence-electron chi connectivity index (χ0n) is 8.75. The Bertz CT molecular complexity index is 327. The number of hydrogen-bond acceptors (Lipinski definition) is 2. The highest BCUT2D eigenvalue weighted by atomic mass is 19.1. The van der Waals surface area contributed by atoms with Crippen molar-refractivity contribution in [2.75, 3.05) is 13.1 Å². The second-order valence-electron chi connectivity index (χ2n) is 4.25. The Morgan fingerprint density at radius 2 is 2.33 bits per heavy atom. The number of nitrogens with two attached hydrogens (primary N) is 1. The summed E-state index contributed by atoms with van der Waals surface area (Å²) in [6, 6.07) is 7.04. The molecule has 2 atom stereocenters. The van der Waals surface area contributed by atoms with Crippen molar-refractivity contribution in [3.63, 3.8) is 0 Å². The van der Waals surface area contributed by atoms with Crippen LogP contribution in [0.15, 0.2) is 24.3 Å². The molecule has 0 radical (unpaired) electrons. The number of piperidine rings is 1. The molecule has 1 aliphatic heterocycles. The van der Waals surface area contributed by atoms with Crippen molar-refractivity contribution in [3.8, 4) is 0 Å². The molecule has 0 bridgehead atoms. The zero-order valence-corrected chi connectivity index (χ0v) is 8.75. The van der Waals surface area contributed by atoms with Crippen LogP contribution in [0, 0.1) is 11.7 Å². The van der Waals surface area contributed by atoms with E-state index in [1.54, 1.807) is 12.1 Å². The predicted octanol–water partition coefficient (Wildman–Crippen LogP) is 1.30. The maximum atomic E-state index is 13.0. The lowest BCUT2D eigenvalue weighted by atomic mass is 9.88. The maximum absolute atomic E-state index is 13.0. The molecule has 0 aromatic heterocycles. The summed E-state index contributed by atoms with van der Waals surface area (Å²) >= 11 is 0. The second kappa shape index (κ2) is 4.73. The maximum Gasteiger partial charge on any atom is 0.123 e. The first-order chi connectivity index (χ1) is 7.25. The van der Waals surface area contributed by atoms with E-state index in [0.29, 0.717) is 5.92 Å². The number of rotatable bonds is 2. The summed E-state index contributed by atoms with van der Waals surface area (Å²) in [4.78, 5) is 0. The van der Waals surface area contributed by atoms with Gasteiger partial charge in [-0.1, -0.05) is 12.1 Å². The average Bonchev–Trinajstić information content (AvgIpc) is 2.22. The highest BCUT2D eigenvalue weighted by Crippen LogP contribution is 2.16. The van der Waals surface area contributed by atoms with Gasteiger partial charge in [0, 0.05) is 6.04 Å². The standard InChI is InChI=1S/C12H17FN2/c13-11-3-1-2-9(7-11)6-10-8-15-5-4-12(10)14/h1-3,7,10,12,15H,4-6,8,14H2. The van der Waals surface area contributed by atoms with Gasteiger partial charge in [-0.25, -0.2) is 4.39 Å². The van der Waals surface area contributed by atoms with Crippen LogP contribution in [0.3, 0.4) is 0 Å². The van der Waals surface area contributed by atoms with Crippen LogP contribution in [-0.2, 0) is 6.42 Å². The summed E-state index contributed by atoms with van der Waals surface area (Å²) in [5.41, 5.74) is 7.07. The summed E-state index contributed by atoms with van der Waals surface area (Å²) in [5, 5.41) is 3.33. The third-order valence-corrected chi connectivity index (χ3v) is 3.05. The second-order valence-corrected chi connectivity index (χ2v) is 4.25. The summed E-state index contributed by atoms with van der Waals surface area (Å²) in [5.74, 6) is 0.269. The van der Waals surface area contributed by atoms with Crippen molar-refractivity contribution < 1.29 is 4.39 Å². The average molecular weight is 208 g/mol. The molecule has 82 valence electrons. The van der Waals surface area contributed by atoms with Crippen molar-refractivity contribution in [1.29, 1.82) is 0 Å². The highest BCUT2D eigenvalue weighted by Gasteiger charge is 2.21. The fraction of sp³-hybridized carbons (Fsp3) is 0.500. The molecule has 3 N–H and O–H groups in total. The summed E-state index contributed by atoms with van der Waals surface area (Å²) < 4.78 is 13.0. The van der Waals surface area contributed by atoms with Crippen molar-refractivity contribution in [3.05, 3.63) is 35.6 Å². The van der Waals surface area contributed by atoms with Gasteiger partial charge in [-0.15, -0.1) is 0 Å². The van der Waals surface area contributed by atoms with Crippen LogP contribution in [0.4, 0.5) is 4.39 Å². The van der Waals surface area contributed by atoms with Crippen LogP contribution in [0.5, 0.6) is 0 Å². The van der Waals surface area contributed by atoms with E-state index in [9.17, 15) is 4.39 Å². The zero-order chi connectivity index (χ0) is 10.7. The van der Waals surface area contributed by atoms with Crippen molar-refractivity contribution >= 4 is 0 Å². The molecule has 0 saturated carbocycles. The largest absolute Gasteiger partial charge is 0.327 e. The topological polar surface area (TPSA) is 38.0 Å². The molecule has 1 saturated heterocycles. The van der Waals surface area contributed by atoms with E-state index in [4.69, 9.17) is 5.73 Å². The minimum atomic E-state index is -0.162. The Kier molecular flexibility index (Phi) is 3.34. The molecule has 0 spiro atoms. The van der Waals surface area contributed by atoms with E-state index in [1.165, 1.54) is 6.07 Å². The van der Waals surface area contributed by atoms with Gasteiger partial charge in [0.05, 0.1) is 0 Å². The Hall–Kier alpha value is -0.930. The fourth-order valence-corrected chi connectivity index (χ4v) is 2.13. The number of halogens is 1. The minimum absolute atomic E-state index is 0.162. The van der Waals surface area contributed by atoms with Gasteiger partial charge in [0.15, 0.2) is 0 Å². The first-order valence-corrected chi connectivity index (χ1v) is 5.46. The molecule has 1 fully saturated rings. The van der Waals surface area contributed by atoms with E-state index in [2.05, 4.69) is 5.32 Å². The number of benzene rings is 1. The van der Waals surface area contributed by atoms with Gasteiger partial charge in [-0.2, -0.15) is 0 Å². The van der Waals surface area contributed by atoms with Gasteiger partial charge in [0.2, 0.25) is 0 Å². The van der Waals surface area contributed by atoms with E-state index in [0.717, 1.165) is 31.5 Å². The van der Waals surface area contributed by atoms with Crippen LogP contribution in [-0.4, -0.2) is 19.1 Å². The SMILES string of the molecule is NC1CCNCC1Cc1cccc(F)c1. The van der Waals surface area contributed by atoms with E-state index < -0.39 is 0 Å². The Balaban J connectivity index is 2.01. The molecule has 0 amide bonds. The van der Waals surface area contributed by atoms with Gasteiger partial charge in [0.1, 0.15) is 5.82 Å². The van der Waals surface area contributed by atoms with E-state index >= 15 is 0 Å². The molecule has 2 nitrogen and oxygen atoms in total. The van der Waals surface area contributed by atoms with E-state index in [-0.39, 0.29) is 11.9 Å². The van der Waals surface area contributed by atoms with Gasteiger partial charge in [0.25, 0.3) is 0 Å². The molecule has 1 heterocycles. The molecular weight excluding hydrogens is 191 g/mol. The first-order valence-electron chi connectivity index (χ1n) is 5.46. The predicted molar refractivity (Wildman–Crippen MR) is 59.1 cm³/mol. The Morgan fingerprint density at radius 3 is 3.07 bits per heavy atom. The Labute approximate surface area is 89.7 Å². The van der Waals surface area contributed by atoms with Crippen LogP contribution in [0.25, 0.3) is 0 Å². The van der Waals surface area contributed by atoms with Gasteiger partial charge in [-0.05, 0) is 49.5 Å². The molecular formula is C12H17FN2. The number of hydrogen-bond donors (Lipinski definition) is 2. The van der Waals surface area contributed by atoms with Crippen LogP contribution >= 0.6 is 0 Å². The van der Waals surface area contributed by atoms with Crippen LogP contribution in [0.2, 0.25) is 0 Å². The fourth-order valence-electron chi connectivity index (χ4n) is 2.13. The summed E-state index contributed by atoms with van der Waals surface area (Å²) in [7, 11) is 0. The van der Waals surface area contributed by atoms with Crippen molar-refractivity contribution in [2.45, 2.75) is 18.9 Å². The van der Waals surface area contributed by atoms with Gasteiger partial charge < -0.3 is 11.1 Å². The van der Waals surface area contributed by atoms with Crippen molar-refractivity contribution in [1.82, 2.24) is 5.32 Å². The lowest BCUT2D eigenvalue weighted by molar-refractivity contribution is 0.324. The molecule has 1 aromatic rings. The van der Waals surface area contributed by atoms with Crippen LogP contribution in [0.1, 0.15) is 12.0 Å². The van der Waals surface area contributed by atoms with Gasteiger partial charge in [-0.3, -0.25) is 0 Å². The third-order valence-electron chi connectivity index (χ3n) is 3.05. The monoisotopic (exact) mass is 208 g/mol. The molecule has 2 rings (SSSR count). The molecule has 2 unspecified atom stereocenters. The summed E-state index contributed by atoms with van der Waals surface area (Å²) in [6.07, 6.45) is 1.88. The number of nitrogens with one attached hydrogen (secondary N) is 1. The normalized spacial score (nSPS) is 26.5. The molecule has 1 aromatic carbocycles. The lowest BCUT2D eigenvalue weighted by Gasteiger charge is -2.29. The van der Waals surface area contributed by atoms with Gasteiger partial charge >= 0.3 is 0 Å². The third kappa shape index (κ3) is 2.76. The molecule has 0 aliphatic carbocycles. The quantitative estimate of drug-likeness (QED) is 0.769. The van der Waals surface area contributed by atoms with E-state index in [1.807, 2.05) is 6.07 Å². The molecule has 3 heteroatoms. The highest BCUT2D eigenvalue weighted by molar-refractivity contribution is 5.17. The summed E-state index contributed by atoms with van der Waals surface area (Å²) in [6.45, 7) is 1.94. The smallest absolute Gasteiger partial charge is 0.123 e. The minimum Gasteiger partial charge on any atom is -0.327 e. The lowest BCUT2D eigenvalue weighted by Crippen LogP contribution is -2.45. The van der Waals surface area contributed by atoms with Crippen LogP contribution < -0.4 is 11.1 Å². The molecule has 15 heavy (non-hydrogen) atoms. The van der Waals surface area contributed by atoms with Crippen molar-refractivity contribution in [2.24, 2.45) is 11.7 Å².